The second-order valence-electron chi connectivity index (χ2n) is 5.69. The van der Waals surface area contributed by atoms with E-state index in [1.54, 1.807) is 7.11 Å². The molecule has 0 radical (unpaired) electrons. The van der Waals surface area contributed by atoms with Gasteiger partial charge in [-0.2, -0.15) is 0 Å². The number of aryl methyl sites for hydroxylation is 1. The van der Waals surface area contributed by atoms with Gasteiger partial charge in [-0.05, 0) is 13.3 Å². The number of ether oxygens (including phenoxy) is 2. The molecule has 0 aromatic carbocycles. The Hall–Kier alpha value is -1.69. The van der Waals surface area contributed by atoms with Gasteiger partial charge in [-0.15, -0.1) is 0 Å². The average Bonchev–Trinajstić information content (AvgIpc) is 2.41. The molecule has 0 saturated heterocycles. The lowest BCUT2D eigenvalue weighted by atomic mass is 9.64. The third kappa shape index (κ3) is 2.60. The molecule has 2 rings (SSSR count). The zero-order chi connectivity index (χ0) is 14.9. The second kappa shape index (κ2) is 5.36. The molecule has 1 fully saturated rings. The van der Waals surface area contributed by atoms with Gasteiger partial charge >= 0.3 is 5.97 Å². The summed E-state index contributed by atoms with van der Waals surface area (Å²) in [5.41, 5.74) is 0.752. The van der Waals surface area contributed by atoms with E-state index < -0.39 is 5.97 Å². The van der Waals surface area contributed by atoms with Gasteiger partial charge in [-0.25, -0.2) is 14.8 Å². The van der Waals surface area contributed by atoms with Crippen molar-refractivity contribution in [3.05, 3.63) is 17.6 Å². The summed E-state index contributed by atoms with van der Waals surface area (Å²) in [4.78, 5) is 19.8. The SMILES string of the molecule is COC(=O)c1nc(C)cc(NC2CC(OC)C2(C)C)n1. The van der Waals surface area contributed by atoms with Crippen LogP contribution in [0.3, 0.4) is 0 Å². The maximum atomic E-state index is 11.5. The molecule has 1 heterocycles. The predicted molar refractivity (Wildman–Crippen MR) is 74.7 cm³/mol. The largest absolute Gasteiger partial charge is 0.463 e. The summed E-state index contributed by atoms with van der Waals surface area (Å²) in [6, 6.07) is 2.08. The molecule has 2 atom stereocenters. The first-order chi connectivity index (χ1) is 9.38. The van der Waals surface area contributed by atoms with Crippen LogP contribution in [0.25, 0.3) is 0 Å². The smallest absolute Gasteiger partial charge is 0.376 e. The standard InChI is InChI=1S/C14H21N3O3/c1-8-6-11(17-12(15-8)13(18)20-5)16-9-7-10(19-4)14(9,2)3/h6,9-10H,7H2,1-5H3,(H,15,16,17). The van der Waals surface area contributed by atoms with Crippen molar-refractivity contribution < 1.29 is 14.3 Å². The van der Waals surface area contributed by atoms with E-state index in [2.05, 4.69) is 33.9 Å². The molecule has 1 aliphatic rings. The summed E-state index contributed by atoms with van der Waals surface area (Å²) in [5.74, 6) is 0.195. The molecular formula is C14H21N3O3. The van der Waals surface area contributed by atoms with Crippen molar-refractivity contribution in [2.24, 2.45) is 5.41 Å². The van der Waals surface area contributed by atoms with Crippen LogP contribution >= 0.6 is 0 Å². The maximum absolute atomic E-state index is 11.5. The number of esters is 1. The van der Waals surface area contributed by atoms with E-state index in [0.717, 1.165) is 12.1 Å². The lowest BCUT2D eigenvalue weighted by Crippen LogP contribution is -2.57. The molecule has 1 aromatic heterocycles. The highest BCUT2D eigenvalue weighted by Crippen LogP contribution is 2.43. The molecular weight excluding hydrogens is 258 g/mol. The Bertz CT molecular complexity index is 516. The van der Waals surface area contributed by atoms with Gasteiger partial charge in [-0.1, -0.05) is 13.8 Å². The number of nitrogens with zero attached hydrogens (tertiary/aromatic N) is 2. The van der Waals surface area contributed by atoms with Gasteiger partial charge in [0, 0.05) is 30.3 Å². The van der Waals surface area contributed by atoms with Crippen LogP contribution in [0, 0.1) is 12.3 Å². The maximum Gasteiger partial charge on any atom is 0.376 e. The minimum atomic E-state index is -0.528. The Balaban J connectivity index is 2.15. The summed E-state index contributed by atoms with van der Waals surface area (Å²) >= 11 is 0. The summed E-state index contributed by atoms with van der Waals surface area (Å²) in [6.07, 6.45) is 1.16. The fourth-order valence-corrected chi connectivity index (χ4v) is 2.53. The molecule has 0 spiro atoms. The van der Waals surface area contributed by atoms with E-state index in [0.29, 0.717) is 5.82 Å². The highest BCUT2D eigenvalue weighted by atomic mass is 16.5. The normalized spacial score (nSPS) is 23.9. The first-order valence-electron chi connectivity index (χ1n) is 6.61. The van der Waals surface area contributed by atoms with E-state index in [1.807, 2.05) is 13.0 Å². The van der Waals surface area contributed by atoms with Crippen LogP contribution in [0.15, 0.2) is 6.07 Å². The zero-order valence-corrected chi connectivity index (χ0v) is 12.6. The molecule has 6 nitrogen and oxygen atoms in total. The highest BCUT2D eigenvalue weighted by molar-refractivity contribution is 5.85. The summed E-state index contributed by atoms with van der Waals surface area (Å²) in [7, 11) is 3.05. The number of rotatable bonds is 4. The van der Waals surface area contributed by atoms with Crippen LogP contribution in [0.1, 0.15) is 36.6 Å². The van der Waals surface area contributed by atoms with Crippen LogP contribution in [0.4, 0.5) is 5.82 Å². The molecule has 0 aliphatic heterocycles. The van der Waals surface area contributed by atoms with Crippen molar-refractivity contribution in [2.75, 3.05) is 19.5 Å². The van der Waals surface area contributed by atoms with Crippen molar-refractivity contribution in [1.82, 2.24) is 9.97 Å². The van der Waals surface area contributed by atoms with Crippen molar-refractivity contribution in [3.8, 4) is 0 Å². The summed E-state index contributed by atoms with van der Waals surface area (Å²) in [6.45, 7) is 6.12. The van der Waals surface area contributed by atoms with Gasteiger partial charge in [0.25, 0.3) is 0 Å². The fraction of sp³-hybridized carbons (Fsp3) is 0.643. The molecule has 20 heavy (non-hydrogen) atoms. The van der Waals surface area contributed by atoms with Crippen molar-refractivity contribution in [1.29, 1.82) is 0 Å². The van der Waals surface area contributed by atoms with Crippen molar-refractivity contribution in [2.45, 2.75) is 39.3 Å². The topological polar surface area (TPSA) is 73.3 Å². The van der Waals surface area contributed by atoms with E-state index in [4.69, 9.17) is 4.74 Å². The van der Waals surface area contributed by atoms with Gasteiger partial charge in [0.05, 0.1) is 13.2 Å². The zero-order valence-electron chi connectivity index (χ0n) is 12.6. The van der Waals surface area contributed by atoms with E-state index in [1.165, 1.54) is 7.11 Å². The Morgan fingerprint density at radius 2 is 2.10 bits per heavy atom. The second-order valence-corrected chi connectivity index (χ2v) is 5.69. The molecule has 1 aliphatic carbocycles. The molecule has 0 amide bonds. The minimum Gasteiger partial charge on any atom is -0.463 e. The van der Waals surface area contributed by atoms with Gasteiger partial charge in [0.1, 0.15) is 5.82 Å². The third-order valence-corrected chi connectivity index (χ3v) is 4.01. The lowest BCUT2D eigenvalue weighted by Gasteiger charge is -2.51. The van der Waals surface area contributed by atoms with Crippen LogP contribution in [-0.4, -0.2) is 42.3 Å². The fourth-order valence-electron chi connectivity index (χ4n) is 2.53. The quantitative estimate of drug-likeness (QED) is 0.847. The van der Waals surface area contributed by atoms with Gasteiger partial charge in [0.2, 0.25) is 5.82 Å². The highest BCUT2D eigenvalue weighted by Gasteiger charge is 2.48. The van der Waals surface area contributed by atoms with E-state index >= 15 is 0 Å². The van der Waals surface area contributed by atoms with Gasteiger partial charge in [-0.3, -0.25) is 0 Å². The minimum absolute atomic E-state index is 0.0268. The van der Waals surface area contributed by atoms with E-state index in [-0.39, 0.29) is 23.4 Å². The van der Waals surface area contributed by atoms with Crippen LogP contribution in [-0.2, 0) is 9.47 Å². The first-order valence-corrected chi connectivity index (χ1v) is 6.61. The summed E-state index contributed by atoms with van der Waals surface area (Å²) in [5, 5.41) is 3.35. The number of hydrogen-bond acceptors (Lipinski definition) is 6. The van der Waals surface area contributed by atoms with Crippen molar-refractivity contribution in [3.63, 3.8) is 0 Å². The molecule has 1 saturated carbocycles. The number of nitrogens with one attached hydrogen (secondary N) is 1. The monoisotopic (exact) mass is 279 g/mol. The Morgan fingerprint density at radius 1 is 1.40 bits per heavy atom. The molecule has 110 valence electrons. The molecule has 1 N–H and O–H groups in total. The predicted octanol–water partition coefficient (Wildman–Crippen LogP) is 1.80. The number of carbonyl (C=O) groups is 1. The molecule has 1 aromatic rings. The molecule has 6 heteroatoms. The Morgan fingerprint density at radius 3 is 2.65 bits per heavy atom. The Kier molecular flexibility index (Phi) is 3.94. The van der Waals surface area contributed by atoms with Crippen LogP contribution < -0.4 is 5.32 Å². The van der Waals surface area contributed by atoms with Crippen LogP contribution in [0.5, 0.6) is 0 Å². The summed E-state index contributed by atoms with van der Waals surface area (Å²) < 4.78 is 10.1. The third-order valence-electron chi connectivity index (χ3n) is 4.01. The Labute approximate surface area is 118 Å². The number of carbonyl (C=O) groups excluding carboxylic acids is 1. The number of aromatic nitrogens is 2. The van der Waals surface area contributed by atoms with Gasteiger partial charge < -0.3 is 14.8 Å². The van der Waals surface area contributed by atoms with Gasteiger partial charge in [0.15, 0.2) is 0 Å². The molecule has 0 bridgehead atoms. The number of anilines is 1. The first kappa shape index (κ1) is 14.7. The average molecular weight is 279 g/mol. The van der Waals surface area contributed by atoms with Crippen LogP contribution in [0.2, 0.25) is 0 Å². The van der Waals surface area contributed by atoms with E-state index in [9.17, 15) is 4.79 Å². The number of hydrogen-bond donors (Lipinski definition) is 1. The van der Waals surface area contributed by atoms with Crippen molar-refractivity contribution >= 4 is 11.8 Å². The number of methoxy groups -OCH3 is 2. The molecule has 2 unspecified atom stereocenters. The lowest BCUT2D eigenvalue weighted by molar-refractivity contribution is -0.0795.